The molecule has 0 spiro atoms. The Morgan fingerprint density at radius 1 is 1.03 bits per heavy atom. The number of likely N-dealkylation sites (tertiary alicyclic amines) is 1. The first kappa shape index (κ1) is 21.8. The van der Waals surface area contributed by atoms with Crippen LogP contribution in [0.5, 0.6) is 5.75 Å². The number of benzene rings is 2. The van der Waals surface area contributed by atoms with Gasteiger partial charge in [0, 0.05) is 18.5 Å². The normalized spacial score (nSPS) is 17.5. The van der Waals surface area contributed by atoms with Crippen molar-refractivity contribution in [2.45, 2.75) is 38.5 Å². The molecule has 4 rings (SSSR count). The second-order valence-corrected chi connectivity index (χ2v) is 8.06. The number of Topliss-reactive ketones (excluding diaryl/α,β-unsaturated/α-hetero) is 1. The average Bonchev–Trinajstić information content (AvgIpc) is 2.72. The summed E-state index contributed by atoms with van der Waals surface area (Å²) in [6, 6.07) is 12.9. The van der Waals surface area contributed by atoms with Gasteiger partial charge in [-0.05, 0) is 86.5 Å². The first-order valence-electron chi connectivity index (χ1n) is 10.4. The number of hydrogen-bond donors (Lipinski definition) is 0. The highest BCUT2D eigenvalue weighted by Gasteiger charge is 2.20. The van der Waals surface area contributed by atoms with E-state index in [9.17, 15) is 9.18 Å². The molecule has 1 saturated heterocycles. The lowest BCUT2D eigenvalue weighted by atomic mass is 9.90. The maximum Gasteiger partial charge on any atom is 0.163 e. The largest absolute Gasteiger partial charge is 0.492 e. The minimum Gasteiger partial charge on any atom is -0.492 e. The van der Waals surface area contributed by atoms with Crippen LogP contribution in [-0.4, -0.2) is 36.9 Å². The number of carbonyl (C=O) groups is 1. The lowest BCUT2D eigenvalue weighted by Gasteiger charge is -2.32. The number of ether oxygens (including phenoxy) is 1. The highest BCUT2D eigenvalue weighted by molar-refractivity contribution is 5.98. The van der Waals surface area contributed by atoms with Crippen molar-refractivity contribution in [3.63, 3.8) is 0 Å². The Morgan fingerprint density at radius 2 is 1.79 bits per heavy atom. The Hall–Kier alpha value is -1.91. The Labute approximate surface area is 178 Å². The van der Waals surface area contributed by atoms with E-state index in [1.54, 1.807) is 12.1 Å². The van der Waals surface area contributed by atoms with Gasteiger partial charge in [-0.2, -0.15) is 0 Å². The molecule has 0 saturated carbocycles. The molecule has 0 radical (unpaired) electrons. The lowest BCUT2D eigenvalue weighted by Crippen LogP contribution is -2.37. The maximum absolute atomic E-state index is 13.0. The summed E-state index contributed by atoms with van der Waals surface area (Å²) in [7, 11) is 0. The van der Waals surface area contributed by atoms with Crippen molar-refractivity contribution >= 4 is 18.2 Å². The minimum atomic E-state index is -0.165. The zero-order chi connectivity index (χ0) is 19.3. The van der Waals surface area contributed by atoms with E-state index in [2.05, 4.69) is 4.90 Å². The summed E-state index contributed by atoms with van der Waals surface area (Å²) < 4.78 is 19.0. The van der Waals surface area contributed by atoms with Crippen LogP contribution >= 0.6 is 12.4 Å². The predicted octanol–water partition coefficient (Wildman–Crippen LogP) is 5.10. The SMILES string of the molecule is Cl.O=C1CCCc2ccc(OCCN3CCC(Cc4ccc(F)cc4)CC3)cc21. The van der Waals surface area contributed by atoms with Gasteiger partial charge >= 0.3 is 0 Å². The van der Waals surface area contributed by atoms with E-state index in [-0.39, 0.29) is 24.0 Å². The number of hydrogen-bond acceptors (Lipinski definition) is 3. The monoisotopic (exact) mass is 417 g/mol. The van der Waals surface area contributed by atoms with Gasteiger partial charge in [0.1, 0.15) is 18.2 Å². The lowest BCUT2D eigenvalue weighted by molar-refractivity contribution is 0.0971. The fraction of sp³-hybridized carbons (Fsp3) is 0.458. The van der Waals surface area contributed by atoms with Crippen molar-refractivity contribution in [1.29, 1.82) is 0 Å². The van der Waals surface area contributed by atoms with E-state index < -0.39 is 0 Å². The van der Waals surface area contributed by atoms with Crippen LogP contribution in [0.4, 0.5) is 4.39 Å². The molecule has 2 aromatic rings. The van der Waals surface area contributed by atoms with Crippen LogP contribution in [0.1, 0.15) is 47.2 Å². The van der Waals surface area contributed by atoms with Crippen molar-refractivity contribution in [3.8, 4) is 5.75 Å². The van der Waals surface area contributed by atoms with Crippen molar-refractivity contribution in [2.24, 2.45) is 5.92 Å². The number of aryl methyl sites for hydroxylation is 1. The van der Waals surface area contributed by atoms with Gasteiger partial charge in [0.05, 0.1) is 0 Å². The zero-order valence-corrected chi connectivity index (χ0v) is 17.6. The summed E-state index contributed by atoms with van der Waals surface area (Å²) in [4.78, 5) is 14.5. The van der Waals surface area contributed by atoms with E-state index in [0.29, 0.717) is 18.9 Å². The van der Waals surface area contributed by atoms with Crippen molar-refractivity contribution in [3.05, 3.63) is 65.0 Å². The molecule has 29 heavy (non-hydrogen) atoms. The minimum absolute atomic E-state index is 0. The third kappa shape index (κ3) is 5.80. The van der Waals surface area contributed by atoms with Crippen LogP contribution < -0.4 is 4.74 Å². The van der Waals surface area contributed by atoms with Gasteiger partial charge in [0.25, 0.3) is 0 Å². The summed E-state index contributed by atoms with van der Waals surface area (Å²) in [5.41, 5.74) is 3.24. The summed E-state index contributed by atoms with van der Waals surface area (Å²) >= 11 is 0. The molecule has 0 aromatic heterocycles. The van der Waals surface area contributed by atoms with Crippen LogP contribution in [0.15, 0.2) is 42.5 Å². The summed E-state index contributed by atoms with van der Waals surface area (Å²) in [5, 5.41) is 0. The Kier molecular flexibility index (Phi) is 7.68. The third-order valence-electron chi connectivity index (χ3n) is 6.05. The van der Waals surface area contributed by atoms with Gasteiger partial charge in [-0.3, -0.25) is 9.69 Å². The number of ketones is 1. The summed E-state index contributed by atoms with van der Waals surface area (Å²) in [6.45, 7) is 3.72. The fourth-order valence-corrected chi connectivity index (χ4v) is 4.36. The van der Waals surface area contributed by atoms with Crippen LogP contribution in [-0.2, 0) is 12.8 Å². The maximum atomic E-state index is 13.0. The number of piperidine rings is 1. The molecule has 0 bridgehead atoms. The van der Waals surface area contributed by atoms with Crippen LogP contribution in [0.3, 0.4) is 0 Å². The smallest absolute Gasteiger partial charge is 0.163 e. The Bertz CT molecular complexity index is 816. The molecule has 5 heteroatoms. The highest BCUT2D eigenvalue weighted by Crippen LogP contribution is 2.26. The Balaban J connectivity index is 0.00000240. The first-order valence-corrected chi connectivity index (χ1v) is 10.4. The molecule has 2 aromatic carbocycles. The molecule has 1 aliphatic carbocycles. The van der Waals surface area contributed by atoms with Gasteiger partial charge in [0.15, 0.2) is 5.78 Å². The standard InChI is InChI=1S/C24H28FNO2.ClH/c25-21-7-4-18(5-8-21)16-19-10-12-26(13-11-19)14-15-28-22-9-6-20-2-1-3-24(27)23(20)17-22;/h4-9,17,19H,1-3,10-16H2;1H. The molecular formula is C24H29ClFNO2. The molecule has 0 atom stereocenters. The van der Waals surface area contributed by atoms with Gasteiger partial charge < -0.3 is 4.74 Å². The van der Waals surface area contributed by atoms with Crippen molar-refractivity contribution < 1.29 is 13.9 Å². The molecule has 2 aliphatic rings. The molecule has 1 aliphatic heterocycles. The second-order valence-electron chi connectivity index (χ2n) is 8.06. The van der Waals surface area contributed by atoms with E-state index in [1.165, 1.54) is 18.4 Å². The van der Waals surface area contributed by atoms with E-state index >= 15 is 0 Å². The van der Waals surface area contributed by atoms with E-state index in [0.717, 1.165) is 55.8 Å². The first-order chi connectivity index (χ1) is 13.7. The molecule has 3 nitrogen and oxygen atoms in total. The van der Waals surface area contributed by atoms with E-state index in [4.69, 9.17) is 4.74 Å². The van der Waals surface area contributed by atoms with Crippen molar-refractivity contribution in [2.75, 3.05) is 26.2 Å². The quantitative estimate of drug-likeness (QED) is 0.654. The molecule has 0 amide bonds. The average molecular weight is 418 g/mol. The molecule has 1 fully saturated rings. The van der Waals surface area contributed by atoms with Gasteiger partial charge in [-0.1, -0.05) is 18.2 Å². The van der Waals surface area contributed by atoms with Gasteiger partial charge in [-0.15, -0.1) is 12.4 Å². The summed E-state index contributed by atoms with van der Waals surface area (Å²) in [6.07, 6.45) is 5.99. The fourth-order valence-electron chi connectivity index (χ4n) is 4.36. The number of nitrogens with zero attached hydrogens (tertiary/aromatic N) is 1. The molecule has 156 valence electrons. The predicted molar refractivity (Wildman–Crippen MR) is 116 cm³/mol. The van der Waals surface area contributed by atoms with Crippen LogP contribution in [0.25, 0.3) is 0 Å². The molecule has 0 N–H and O–H groups in total. The third-order valence-corrected chi connectivity index (χ3v) is 6.05. The molecule has 1 heterocycles. The number of halogens is 2. The van der Waals surface area contributed by atoms with Crippen LogP contribution in [0, 0.1) is 11.7 Å². The molecule has 0 unspecified atom stereocenters. The van der Waals surface area contributed by atoms with Gasteiger partial charge in [-0.25, -0.2) is 4.39 Å². The zero-order valence-electron chi connectivity index (χ0n) is 16.7. The van der Waals surface area contributed by atoms with Crippen molar-refractivity contribution in [1.82, 2.24) is 4.90 Å². The topological polar surface area (TPSA) is 29.5 Å². The number of rotatable bonds is 6. The highest BCUT2D eigenvalue weighted by atomic mass is 35.5. The second kappa shape index (κ2) is 10.2. The van der Waals surface area contributed by atoms with Crippen LogP contribution in [0.2, 0.25) is 0 Å². The molecular weight excluding hydrogens is 389 g/mol. The van der Waals surface area contributed by atoms with E-state index in [1.807, 2.05) is 30.3 Å². The number of fused-ring (bicyclic) bond motifs is 1. The Morgan fingerprint density at radius 3 is 2.55 bits per heavy atom. The summed E-state index contributed by atoms with van der Waals surface area (Å²) in [5.74, 6) is 1.56. The number of carbonyl (C=O) groups excluding carboxylic acids is 1. The van der Waals surface area contributed by atoms with Gasteiger partial charge in [0.2, 0.25) is 0 Å².